The van der Waals surface area contributed by atoms with Gasteiger partial charge in [0.25, 0.3) is 0 Å². The number of aromatic nitrogens is 1. The van der Waals surface area contributed by atoms with Crippen LogP contribution in [-0.2, 0) is 6.42 Å². The Balaban J connectivity index is 1.96. The fourth-order valence-electron chi connectivity index (χ4n) is 3.28. The van der Waals surface area contributed by atoms with Gasteiger partial charge in [-0.3, -0.25) is 9.59 Å². The molecule has 3 rings (SSSR count). The SMILES string of the molecule is CCc1ccc2[nH]cc(C(=O)CC3CCCC3)c(=O)c2c1. The van der Waals surface area contributed by atoms with E-state index >= 15 is 0 Å². The molecular weight excluding hydrogens is 262 g/mol. The second kappa shape index (κ2) is 5.84. The van der Waals surface area contributed by atoms with Crippen LogP contribution in [0.5, 0.6) is 0 Å². The molecule has 1 aromatic heterocycles. The minimum Gasteiger partial charge on any atom is -0.360 e. The number of aryl methyl sites for hydroxylation is 1. The molecule has 1 aliphatic carbocycles. The van der Waals surface area contributed by atoms with Gasteiger partial charge >= 0.3 is 0 Å². The summed E-state index contributed by atoms with van der Waals surface area (Å²) in [4.78, 5) is 28.1. The van der Waals surface area contributed by atoms with Crippen LogP contribution >= 0.6 is 0 Å². The van der Waals surface area contributed by atoms with Crippen LogP contribution in [0.1, 0.15) is 54.9 Å². The Morgan fingerprint density at radius 3 is 2.76 bits per heavy atom. The average molecular weight is 283 g/mol. The molecule has 2 aromatic rings. The third kappa shape index (κ3) is 2.78. The van der Waals surface area contributed by atoms with E-state index in [9.17, 15) is 9.59 Å². The molecule has 0 radical (unpaired) electrons. The summed E-state index contributed by atoms with van der Waals surface area (Å²) in [6, 6.07) is 5.83. The summed E-state index contributed by atoms with van der Waals surface area (Å²) in [6.45, 7) is 2.06. The van der Waals surface area contributed by atoms with E-state index in [-0.39, 0.29) is 11.2 Å². The highest BCUT2D eigenvalue weighted by Gasteiger charge is 2.21. The molecule has 0 atom stereocenters. The van der Waals surface area contributed by atoms with Crippen molar-refractivity contribution >= 4 is 16.7 Å². The van der Waals surface area contributed by atoms with Gasteiger partial charge in [0.05, 0.1) is 5.56 Å². The Hall–Kier alpha value is -1.90. The van der Waals surface area contributed by atoms with Crippen LogP contribution in [0.3, 0.4) is 0 Å². The number of Topliss-reactive ketones (excluding diaryl/α,β-unsaturated/α-hetero) is 1. The summed E-state index contributed by atoms with van der Waals surface area (Å²) in [5.41, 5.74) is 2.12. The zero-order valence-corrected chi connectivity index (χ0v) is 12.4. The number of hydrogen-bond acceptors (Lipinski definition) is 2. The molecule has 1 heterocycles. The third-order valence-electron chi connectivity index (χ3n) is 4.60. The van der Waals surface area contributed by atoms with Gasteiger partial charge in [-0.2, -0.15) is 0 Å². The lowest BCUT2D eigenvalue weighted by Crippen LogP contribution is -2.18. The molecule has 110 valence electrons. The first kappa shape index (κ1) is 14.1. The number of pyridine rings is 1. The van der Waals surface area contributed by atoms with E-state index in [1.54, 1.807) is 6.20 Å². The number of carbonyl (C=O) groups is 1. The minimum atomic E-state index is -0.123. The quantitative estimate of drug-likeness (QED) is 0.866. The minimum absolute atomic E-state index is 0.00745. The van der Waals surface area contributed by atoms with Crippen LogP contribution in [0.25, 0.3) is 10.9 Å². The summed E-state index contributed by atoms with van der Waals surface area (Å²) >= 11 is 0. The molecular formula is C18H21NO2. The molecule has 0 aliphatic heterocycles. The molecule has 1 fully saturated rings. The number of benzene rings is 1. The van der Waals surface area contributed by atoms with Crippen molar-refractivity contribution in [1.29, 1.82) is 0 Å². The molecule has 0 saturated heterocycles. The van der Waals surface area contributed by atoms with Crippen molar-refractivity contribution in [3.63, 3.8) is 0 Å². The van der Waals surface area contributed by atoms with Crippen LogP contribution in [0.2, 0.25) is 0 Å². The number of H-pyrrole nitrogens is 1. The fourth-order valence-corrected chi connectivity index (χ4v) is 3.28. The monoisotopic (exact) mass is 283 g/mol. The Bertz CT molecular complexity index is 724. The van der Waals surface area contributed by atoms with Crippen molar-refractivity contribution in [1.82, 2.24) is 4.98 Å². The van der Waals surface area contributed by atoms with Crippen LogP contribution in [0, 0.1) is 5.92 Å². The first-order valence-electron chi connectivity index (χ1n) is 7.86. The van der Waals surface area contributed by atoms with E-state index in [0.717, 1.165) is 30.3 Å². The largest absolute Gasteiger partial charge is 0.360 e. The van der Waals surface area contributed by atoms with E-state index in [1.165, 1.54) is 12.8 Å². The van der Waals surface area contributed by atoms with Gasteiger partial charge in [0.1, 0.15) is 0 Å². The molecule has 0 unspecified atom stereocenters. The second-order valence-electron chi connectivity index (χ2n) is 6.04. The molecule has 0 amide bonds. The maximum absolute atomic E-state index is 12.6. The molecule has 1 saturated carbocycles. The highest BCUT2D eigenvalue weighted by atomic mass is 16.1. The molecule has 0 spiro atoms. The van der Waals surface area contributed by atoms with Crippen molar-refractivity contribution < 1.29 is 4.79 Å². The van der Waals surface area contributed by atoms with E-state index < -0.39 is 0 Å². The summed E-state index contributed by atoms with van der Waals surface area (Å²) in [5, 5.41) is 0.631. The third-order valence-corrected chi connectivity index (χ3v) is 4.60. The predicted octanol–water partition coefficient (Wildman–Crippen LogP) is 3.85. The summed E-state index contributed by atoms with van der Waals surface area (Å²) < 4.78 is 0. The maximum Gasteiger partial charge on any atom is 0.200 e. The first-order chi connectivity index (χ1) is 10.2. The van der Waals surface area contributed by atoms with Gasteiger partial charge in [0.2, 0.25) is 0 Å². The molecule has 0 bridgehead atoms. The lowest BCUT2D eigenvalue weighted by molar-refractivity contribution is 0.0961. The number of aromatic amines is 1. The number of carbonyl (C=O) groups excluding carboxylic acids is 1. The molecule has 3 nitrogen and oxygen atoms in total. The Kier molecular flexibility index (Phi) is 3.91. The smallest absolute Gasteiger partial charge is 0.200 e. The highest BCUT2D eigenvalue weighted by molar-refractivity contribution is 5.98. The topological polar surface area (TPSA) is 49.9 Å². The lowest BCUT2D eigenvalue weighted by Gasteiger charge is -2.08. The predicted molar refractivity (Wildman–Crippen MR) is 84.9 cm³/mol. The van der Waals surface area contributed by atoms with Crippen molar-refractivity contribution in [2.24, 2.45) is 5.92 Å². The van der Waals surface area contributed by atoms with Crippen LogP contribution in [0.4, 0.5) is 0 Å². The maximum atomic E-state index is 12.6. The lowest BCUT2D eigenvalue weighted by atomic mass is 9.96. The summed E-state index contributed by atoms with van der Waals surface area (Å²) in [7, 11) is 0. The Morgan fingerprint density at radius 1 is 1.29 bits per heavy atom. The van der Waals surface area contributed by atoms with Gasteiger partial charge in [0.15, 0.2) is 11.2 Å². The number of rotatable bonds is 4. The standard InChI is InChI=1S/C18H21NO2/c1-2-12-7-8-16-14(9-12)18(21)15(11-19-16)17(20)10-13-5-3-4-6-13/h7-9,11,13H,2-6,10H2,1H3,(H,19,21). The average Bonchev–Trinajstić information content (AvgIpc) is 3.00. The van der Waals surface area contributed by atoms with Gasteiger partial charge in [-0.05, 0) is 30.0 Å². The van der Waals surface area contributed by atoms with Gasteiger partial charge in [-0.25, -0.2) is 0 Å². The molecule has 21 heavy (non-hydrogen) atoms. The Morgan fingerprint density at radius 2 is 2.05 bits per heavy atom. The van der Waals surface area contributed by atoms with Crippen LogP contribution < -0.4 is 5.43 Å². The van der Waals surface area contributed by atoms with Gasteiger partial charge in [0, 0.05) is 23.5 Å². The van der Waals surface area contributed by atoms with Crippen LogP contribution in [-0.4, -0.2) is 10.8 Å². The van der Waals surface area contributed by atoms with Crippen molar-refractivity contribution in [3.8, 4) is 0 Å². The van der Waals surface area contributed by atoms with E-state index in [0.29, 0.717) is 23.3 Å². The molecule has 1 aliphatic rings. The Labute approximate surface area is 124 Å². The van der Waals surface area contributed by atoms with E-state index in [1.807, 2.05) is 18.2 Å². The summed E-state index contributed by atoms with van der Waals surface area (Å²) in [6.07, 6.45) is 7.66. The highest BCUT2D eigenvalue weighted by Crippen LogP contribution is 2.28. The number of hydrogen-bond donors (Lipinski definition) is 1. The number of fused-ring (bicyclic) bond motifs is 1. The molecule has 1 N–H and O–H groups in total. The van der Waals surface area contributed by atoms with Crippen molar-refractivity contribution in [2.45, 2.75) is 45.4 Å². The van der Waals surface area contributed by atoms with E-state index in [2.05, 4.69) is 11.9 Å². The van der Waals surface area contributed by atoms with E-state index in [4.69, 9.17) is 0 Å². The summed E-state index contributed by atoms with van der Waals surface area (Å²) in [5.74, 6) is 0.460. The first-order valence-corrected chi connectivity index (χ1v) is 7.86. The second-order valence-corrected chi connectivity index (χ2v) is 6.04. The number of nitrogens with one attached hydrogen (secondary N) is 1. The number of ketones is 1. The van der Waals surface area contributed by atoms with Crippen molar-refractivity contribution in [3.05, 3.63) is 45.7 Å². The zero-order valence-electron chi connectivity index (χ0n) is 12.4. The van der Waals surface area contributed by atoms with Gasteiger partial charge in [-0.15, -0.1) is 0 Å². The molecule has 3 heteroatoms. The fraction of sp³-hybridized carbons (Fsp3) is 0.444. The zero-order chi connectivity index (χ0) is 14.8. The van der Waals surface area contributed by atoms with Crippen LogP contribution in [0.15, 0.2) is 29.2 Å². The molecule has 1 aromatic carbocycles. The van der Waals surface area contributed by atoms with Gasteiger partial charge in [-0.1, -0.05) is 38.7 Å². The van der Waals surface area contributed by atoms with Gasteiger partial charge < -0.3 is 4.98 Å². The normalized spacial score (nSPS) is 15.7. The van der Waals surface area contributed by atoms with Crippen molar-refractivity contribution in [2.75, 3.05) is 0 Å².